The van der Waals surface area contributed by atoms with Gasteiger partial charge in [0.1, 0.15) is 35.4 Å². The van der Waals surface area contributed by atoms with Gasteiger partial charge in [-0.25, -0.2) is 4.39 Å². The number of fused-ring (bicyclic) bond motifs is 5. The molecule has 0 unspecified atom stereocenters. The molecule has 0 bridgehead atoms. The molecule has 0 amide bonds. The van der Waals surface area contributed by atoms with Crippen molar-refractivity contribution < 1.29 is 154 Å². The van der Waals surface area contributed by atoms with Crippen molar-refractivity contribution in [3.8, 4) is 126 Å². The first-order chi connectivity index (χ1) is 68.8. The highest BCUT2D eigenvalue weighted by molar-refractivity contribution is 5.93. The number of aryl methyl sites for hydroxylation is 4. The molecule has 0 saturated heterocycles. The maximum Gasteiger partial charge on any atom is 0.573 e. The van der Waals surface area contributed by atoms with Gasteiger partial charge in [0, 0.05) is 23.6 Å². The van der Waals surface area contributed by atoms with Crippen LogP contribution in [0.5, 0.6) is 58.1 Å². The Morgan fingerprint density at radius 2 is 0.653 bits per heavy atom. The van der Waals surface area contributed by atoms with E-state index in [-0.39, 0.29) is 102 Å². The fourth-order valence-corrected chi connectivity index (χ4v) is 14.3. The molecule has 45 heteroatoms. The lowest BCUT2D eigenvalue weighted by atomic mass is 10.0. The van der Waals surface area contributed by atoms with Gasteiger partial charge in [0.2, 0.25) is 17.4 Å². The molecule has 9 heterocycles. The Morgan fingerprint density at radius 1 is 0.319 bits per heavy atom. The number of aromatic nitrogens is 11. The zero-order chi connectivity index (χ0) is 101. The van der Waals surface area contributed by atoms with Crippen LogP contribution in [-0.4, -0.2) is 94.7 Å². The van der Waals surface area contributed by atoms with E-state index < -0.39 is 37.6 Å². The molecular weight excluding hydrogens is 1940 g/mol. The molecule has 2 saturated carbocycles. The number of halogens is 16. The highest BCUT2D eigenvalue weighted by Crippen LogP contribution is 2.44. The predicted molar refractivity (Wildman–Crippen MR) is 474 cm³/mol. The second-order valence-corrected chi connectivity index (χ2v) is 31.9. The van der Waals surface area contributed by atoms with Crippen LogP contribution in [0.25, 0.3) is 110 Å². The Balaban J connectivity index is 0.000000124. The molecule has 2 aliphatic carbocycles. The molecule has 0 N–H and O–H groups in total. The smallest absolute Gasteiger partial charge is 0.469 e. The minimum Gasteiger partial charge on any atom is -0.469 e. The number of hydrogen-bond acceptors (Lipinski definition) is 29. The normalized spacial score (nSPS) is 12.7. The van der Waals surface area contributed by atoms with Crippen LogP contribution in [0.3, 0.4) is 0 Å². The van der Waals surface area contributed by atoms with E-state index in [0.29, 0.717) is 113 Å². The lowest BCUT2D eigenvalue weighted by Crippen LogP contribution is -2.16. The average molecular weight is 2000 g/mol. The van der Waals surface area contributed by atoms with Crippen molar-refractivity contribution in [1.29, 1.82) is 0 Å². The first-order valence-corrected chi connectivity index (χ1v) is 42.9. The first kappa shape index (κ1) is 98.2. The van der Waals surface area contributed by atoms with Crippen LogP contribution in [0.4, 0.5) is 70.2 Å². The summed E-state index contributed by atoms with van der Waals surface area (Å²) in [5.41, 5.74) is 12.9. The number of nitrogens with zero attached hydrogens (tertiary/aromatic N) is 11. The number of rotatable bonds is 26. The molecule has 0 atom stereocenters. The van der Waals surface area contributed by atoms with Crippen LogP contribution in [0.1, 0.15) is 95.1 Å². The van der Waals surface area contributed by atoms with Crippen LogP contribution < -0.4 is 47.4 Å². The molecule has 0 radical (unpaired) electrons. The fraction of sp³-hybridized carbons (Fsp3) is 0.202. The SMILES string of the molecule is C#CCOc1noc2ccc(-c3ccc(OC(F)(F)F)cc3)cc12.Cc1cc(-c2ccc(OC(F)(F)F)cc2)cc2c(OCc3nnc(C4CC4)o3)noc12.Cc1cc(COc2noc3ccc(-c4ccc(OC(F)(F)F)cc4)cc23)on1.Cc1cccc(COc2noc3c(C)cc(-c4ccc(OC(F)(F)F)cc4)cc23)n1.Fc1cc(-c2ccc(OC(F)(F)F)cc2)cc2c(OCc3nnc(C4CC4)o3)noc12. The number of pyridine rings is 1. The van der Waals surface area contributed by atoms with Crippen molar-refractivity contribution in [2.24, 2.45) is 0 Å². The van der Waals surface area contributed by atoms with E-state index in [4.69, 9.17) is 66.1 Å². The van der Waals surface area contributed by atoms with Gasteiger partial charge < -0.3 is 83.3 Å². The topological polar surface area (TPSA) is 339 Å². The van der Waals surface area contributed by atoms with E-state index in [1.54, 1.807) is 85.8 Å². The largest absolute Gasteiger partial charge is 0.573 e. The van der Waals surface area contributed by atoms with Crippen LogP contribution in [-0.2, 0) is 26.4 Å². The molecule has 10 aromatic carbocycles. The third kappa shape index (κ3) is 25.8. The van der Waals surface area contributed by atoms with Gasteiger partial charge in [-0.05, 0) is 279 Å². The van der Waals surface area contributed by atoms with Gasteiger partial charge in [0.15, 0.2) is 60.3 Å². The van der Waals surface area contributed by atoms with E-state index in [0.717, 1.165) is 93.8 Å². The molecule has 0 spiro atoms. The maximum atomic E-state index is 14.5. The van der Waals surface area contributed by atoms with Crippen molar-refractivity contribution in [2.75, 3.05) is 6.61 Å². The summed E-state index contributed by atoms with van der Waals surface area (Å²) in [6, 6.07) is 55.5. The van der Waals surface area contributed by atoms with Crippen molar-refractivity contribution in [3.63, 3.8) is 0 Å². The van der Waals surface area contributed by atoms with E-state index in [1.807, 2.05) is 57.2 Å². The molecule has 2 fully saturated rings. The summed E-state index contributed by atoms with van der Waals surface area (Å²) in [4.78, 5) is 4.39. The second-order valence-electron chi connectivity index (χ2n) is 31.9. The summed E-state index contributed by atoms with van der Waals surface area (Å²) in [7, 11) is 0. The Labute approximate surface area is 799 Å². The minimum absolute atomic E-state index is 0.0268. The molecule has 144 heavy (non-hydrogen) atoms. The predicted octanol–water partition coefficient (Wildman–Crippen LogP) is 26.6. The lowest BCUT2D eigenvalue weighted by molar-refractivity contribution is -0.275. The van der Waals surface area contributed by atoms with Crippen LogP contribution >= 0.6 is 0 Å². The Kier molecular flexibility index (Phi) is 28.4. The number of benzene rings is 10. The second kappa shape index (κ2) is 41.6. The molecule has 21 rings (SSSR count). The van der Waals surface area contributed by atoms with Gasteiger partial charge >= 0.3 is 31.8 Å². The van der Waals surface area contributed by atoms with E-state index >= 15 is 0 Å². The molecule has 29 nitrogen and oxygen atoms in total. The van der Waals surface area contributed by atoms with Crippen LogP contribution in [0.15, 0.2) is 254 Å². The number of hydrogen-bond donors (Lipinski definition) is 0. The number of alkyl halides is 15. The standard InChI is InChI=1S/C22H17F3N2O3.C21H16F3N3O4.C20H13F4N3O4.C19H13F3N2O4.C17H10F3NO3/c1-13-10-16(15-6-8-18(9-7-15)29-22(23,24)25)11-19-20(13)30-27-21(19)28-12-17-5-3-4-14(2)26-17;1-11-8-14(12-4-6-15(7-5-12)30-21(22,23)24)9-16-18(11)31-27-20(16)28-10-17-25-26-19(29-17)13-2-3-13;21-15-8-12(10-3-5-13(6-4-10)30-20(22,23)24)7-14-17(15)31-27-19(14)28-9-16-25-26-18(29-16)11-1-2-11;1-11-8-15(27-23-11)10-25-18-16-9-13(4-7-17(16)28-24-18)12-2-5-14(6-3-12)26-19(20,21)22;1-2-9-22-16-14-10-12(5-8-15(14)24-21-16)11-3-6-13(7-4-11)23-17(18,19)20/h3-11H,12H2,1-2H3;4-9,13H,2-3,10H2,1H3;3-8,11H,1-2,9H2;2-9H,10H2,1H3;1,3-8,10H,9H2. The van der Waals surface area contributed by atoms with Gasteiger partial charge in [-0.3, -0.25) is 4.98 Å². The molecule has 9 aromatic heterocycles. The highest BCUT2D eigenvalue weighted by Gasteiger charge is 2.37. The third-order valence-corrected chi connectivity index (χ3v) is 21.0. The molecule has 19 aromatic rings. The van der Waals surface area contributed by atoms with Gasteiger partial charge in [-0.1, -0.05) is 89.9 Å². The minimum atomic E-state index is -4.79. The summed E-state index contributed by atoms with van der Waals surface area (Å²) in [6.45, 7) is 7.81. The first-order valence-electron chi connectivity index (χ1n) is 42.9. The van der Waals surface area contributed by atoms with Crippen molar-refractivity contribution in [3.05, 3.63) is 282 Å². The molecule has 0 aliphatic heterocycles. The Morgan fingerprint density at radius 3 is 1.02 bits per heavy atom. The summed E-state index contributed by atoms with van der Waals surface area (Å²) >= 11 is 0. The third-order valence-electron chi connectivity index (χ3n) is 21.0. The van der Waals surface area contributed by atoms with E-state index in [2.05, 4.69) is 85.9 Å². The fourth-order valence-electron chi connectivity index (χ4n) is 14.3. The molecular formula is C99H69F16N11O18. The summed E-state index contributed by atoms with van der Waals surface area (Å²) in [5, 5.41) is 41.9. The Hall–Kier alpha value is -17.4. The van der Waals surface area contributed by atoms with Gasteiger partial charge in [0.25, 0.3) is 41.2 Å². The van der Waals surface area contributed by atoms with Gasteiger partial charge in [-0.2, -0.15) is 0 Å². The lowest BCUT2D eigenvalue weighted by Gasteiger charge is -2.10. The maximum absolute atomic E-state index is 14.5. The van der Waals surface area contributed by atoms with Crippen molar-refractivity contribution >= 4 is 54.8 Å². The highest BCUT2D eigenvalue weighted by atomic mass is 19.4. The zero-order valence-corrected chi connectivity index (χ0v) is 74.7. The number of ether oxygens (including phenoxy) is 10. The van der Waals surface area contributed by atoms with E-state index in [9.17, 15) is 70.2 Å². The Bertz CT molecular complexity index is 7540. The van der Waals surface area contributed by atoms with E-state index in [1.165, 1.54) is 91.0 Å². The molecule has 2 aliphatic rings. The van der Waals surface area contributed by atoms with Crippen LogP contribution in [0.2, 0.25) is 0 Å². The van der Waals surface area contributed by atoms with Gasteiger partial charge in [0.05, 0.1) is 38.3 Å². The zero-order valence-electron chi connectivity index (χ0n) is 74.7. The molecule has 740 valence electrons. The van der Waals surface area contributed by atoms with Crippen molar-refractivity contribution in [1.82, 2.24) is 56.3 Å². The number of terminal acetylenes is 1. The van der Waals surface area contributed by atoms with Crippen LogP contribution in [0, 0.1) is 45.9 Å². The quantitative estimate of drug-likeness (QED) is 0.0359. The average Bonchev–Trinajstić information content (AvgIpc) is 1.69. The monoisotopic (exact) mass is 2000 g/mol. The summed E-state index contributed by atoms with van der Waals surface area (Å²) in [5.74, 6) is 4.31. The van der Waals surface area contributed by atoms with Crippen molar-refractivity contribution in [2.45, 2.75) is 123 Å². The summed E-state index contributed by atoms with van der Waals surface area (Å²) < 4.78 is 289. The van der Waals surface area contributed by atoms with Gasteiger partial charge in [-0.15, -0.1) is 92.7 Å². The summed E-state index contributed by atoms with van der Waals surface area (Å²) in [6.07, 6.45) is -14.4.